The molecule has 2 rings (SSSR count). The standard InChI is InChI=1S/C12H10ClF2NO3S/c1-6(2)16-5-10(20(13,18)19)12(17)8-3-7(14)4-9(15)11(8)16/h3-6H,1-2H3. The van der Waals surface area contributed by atoms with Crippen molar-refractivity contribution in [3.05, 3.63) is 40.2 Å². The highest BCUT2D eigenvalue weighted by atomic mass is 35.7. The van der Waals surface area contributed by atoms with Gasteiger partial charge in [-0.3, -0.25) is 4.79 Å². The Labute approximate surface area is 118 Å². The fourth-order valence-corrected chi connectivity index (χ4v) is 2.87. The highest BCUT2D eigenvalue weighted by Gasteiger charge is 2.22. The number of nitrogens with zero attached hydrogens (tertiary/aromatic N) is 1. The van der Waals surface area contributed by atoms with Crippen LogP contribution in [0, 0.1) is 11.6 Å². The zero-order chi connectivity index (χ0) is 15.2. The molecule has 0 aliphatic carbocycles. The minimum Gasteiger partial charge on any atom is -0.341 e. The summed E-state index contributed by atoms with van der Waals surface area (Å²) in [6.07, 6.45) is 0.971. The molecule has 0 unspecified atom stereocenters. The summed E-state index contributed by atoms with van der Waals surface area (Å²) in [5.41, 5.74) is -1.18. The fraction of sp³-hybridized carbons (Fsp3) is 0.250. The predicted molar refractivity (Wildman–Crippen MR) is 71.5 cm³/mol. The summed E-state index contributed by atoms with van der Waals surface area (Å²) in [6.45, 7) is 3.33. The van der Waals surface area contributed by atoms with Crippen LogP contribution in [0.2, 0.25) is 0 Å². The van der Waals surface area contributed by atoms with Gasteiger partial charge in [0.1, 0.15) is 10.7 Å². The number of hydrogen-bond acceptors (Lipinski definition) is 3. The first-order valence-electron chi connectivity index (χ1n) is 5.61. The Morgan fingerprint density at radius 3 is 2.35 bits per heavy atom. The number of hydrogen-bond donors (Lipinski definition) is 0. The van der Waals surface area contributed by atoms with Gasteiger partial charge < -0.3 is 4.57 Å². The van der Waals surface area contributed by atoms with Gasteiger partial charge in [0, 0.05) is 29.0 Å². The molecule has 0 fully saturated rings. The van der Waals surface area contributed by atoms with Crippen LogP contribution in [0.3, 0.4) is 0 Å². The van der Waals surface area contributed by atoms with E-state index in [1.165, 1.54) is 4.57 Å². The molecule has 0 saturated heterocycles. The number of benzene rings is 1. The van der Waals surface area contributed by atoms with Crippen LogP contribution in [0.4, 0.5) is 8.78 Å². The van der Waals surface area contributed by atoms with Gasteiger partial charge in [-0.2, -0.15) is 0 Å². The quantitative estimate of drug-likeness (QED) is 0.799. The molecule has 0 aliphatic rings. The second kappa shape index (κ2) is 4.82. The molecule has 0 spiro atoms. The summed E-state index contributed by atoms with van der Waals surface area (Å²) in [7, 11) is 0.879. The number of halogens is 3. The molecule has 8 heteroatoms. The molecule has 0 saturated carbocycles. The minimum absolute atomic E-state index is 0.157. The van der Waals surface area contributed by atoms with Gasteiger partial charge in [0.25, 0.3) is 9.05 Å². The Morgan fingerprint density at radius 2 is 1.85 bits per heavy atom. The summed E-state index contributed by atoms with van der Waals surface area (Å²) in [4.78, 5) is 11.3. The number of rotatable bonds is 2. The number of aromatic nitrogens is 1. The van der Waals surface area contributed by atoms with Crippen molar-refractivity contribution in [3.8, 4) is 0 Å². The predicted octanol–water partition coefficient (Wildman–Crippen LogP) is 2.79. The van der Waals surface area contributed by atoms with Crippen LogP contribution in [-0.2, 0) is 9.05 Å². The van der Waals surface area contributed by atoms with Crippen LogP contribution in [0.5, 0.6) is 0 Å². The molecular weight excluding hydrogens is 312 g/mol. The first-order chi connectivity index (χ1) is 9.12. The summed E-state index contributed by atoms with van der Waals surface area (Å²) >= 11 is 0. The van der Waals surface area contributed by atoms with Crippen molar-refractivity contribution in [1.82, 2.24) is 4.57 Å². The van der Waals surface area contributed by atoms with E-state index >= 15 is 0 Å². The summed E-state index contributed by atoms with van der Waals surface area (Å²) in [5, 5.41) is -0.363. The van der Waals surface area contributed by atoms with Crippen LogP contribution in [0.25, 0.3) is 10.9 Å². The average Bonchev–Trinajstić information content (AvgIpc) is 2.28. The smallest absolute Gasteiger partial charge is 0.266 e. The van der Waals surface area contributed by atoms with Crippen molar-refractivity contribution in [2.45, 2.75) is 24.8 Å². The van der Waals surface area contributed by atoms with Gasteiger partial charge in [0.05, 0.1) is 10.9 Å². The highest BCUT2D eigenvalue weighted by molar-refractivity contribution is 8.13. The summed E-state index contributed by atoms with van der Waals surface area (Å²) in [6, 6.07) is 1.08. The molecule has 20 heavy (non-hydrogen) atoms. The lowest BCUT2D eigenvalue weighted by molar-refractivity contribution is 0.561. The van der Waals surface area contributed by atoms with Crippen LogP contribution in [0.1, 0.15) is 19.9 Å². The molecule has 2 aromatic rings. The summed E-state index contributed by atoms with van der Waals surface area (Å²) < 4.78 is 51.2. The van der Waals surface area contributed by atoms with E-state index in [9.17, 15) is 22.0 Å². The third-order valence-corrected chi connectivity index (χ3v) is 4.15. The topological polar surface area (TPSA) is 56.1 Å². The first-order valence-corrected chi connectivity index (χ1v) is 7.92. The summed E-state index contributed by atoms with van der Waals surface area (Å²) in [5.74, 6) is -1.91. The lowest BCUT2D eigenvalue weighted by Gasteiger charge is -2.16. The van der Waals surface area contributed by atoms with E-state index in [-0.39, 0.29) is 16.9 Å². The van der Waals surface area contributed by atoms with Crippen molar-refractivity contribution in [2.24, 2.45) is 0 Å². The lowest BCUT2D eigenvalue weighted by atomic mass is 10.1. The first kappa shape index (κ1) is 14.9. The maximum absolute atomic E-state index is 13.9. The van der Waals surface area contributed by atoms with E-state index in [0.29, 0.717) is 6.07 Å². The fourth-order valence-electron chi connectivity index (χ4n) is 1.96. The van der Waals surface area contributed by atoms with Gasteiger partial charge in [0.2, 0.25) is 5.43 Å². The molecular formula is C12H10ClF2NO3S. The molecule has 0 N–H and O–H groups in total. The van der Waals surface area contributed by atoms with Crippen LogP contribution >= 0.6 is 10.7 Å². The monoisotopic (exact) mass is 321 g/mol. The van der Waals surface area contributed by atoms with Gasteiger partial charge in [-0.05, 0) is 19.9 Å². The van der Waals surface area contributed by atoms with E-state index in [2.05, 4.69) is 0 Å². The van der Waals surface area contributed by atoms with Crippen molar-refractivity contribution in [3.63, 3.8) is 0 Å². The molecule has 108 valence electrons. The van der Waals surface area contributed by atoms with Crippen molar-refractivity contribution >= 4 is 30.6 Å². The average molecular weight is 322 g/mol. The largest absolute Gasteiger partial charge is 0.341 e. The highest BCUT2D eigenvalue weighted by Crippen LogP contribution is 2.23. The van der Waals surface area contributed by atoms with Crippen molar-refractivity contribution in [2.75, 3.05) is 0 Å². The second-order valence-electron chi connectivity index (χ2n) is 4.55. The molecule has 4 nitrogen and oxygen atoms in total. The van der Waals surface area contributed by atoms with E-state index < -0.39 is 31.0 Å². The van der Waals surface area contributed by atoms with Gasteiger partial charge in [-0.15, -0.1) is 0 Å². The van der Waals surface area contributed by atoms with Gasteiger partial charge in [-0.25, -0.2) is 17.2 Å². The van der Waals surface area contributed by atoms with E-state index in [0.717, 1.165) is 12.3 Å². The molecule has 0 atom stereocenters. The van der Waals surface area contributed by atoms with Gasteiger partial charge in [0.15, 0.2) is 5.82 Å². The van der Waals surface area contributed by atoms with Crippen LogP contribution in [-0.4, -0.2) is 13.0 Å². The van der Waals surface area contributed by atoms with Crippen LogP contribution in [0.15, 0.2) is 28.0 Å². The van der Waals surface area contributed by atoms with Gasteiger partial charge >= 0.3 is 0 Å². The second-order valence-corrected chi connectivity index (χ2v) is 7.08. The number of pyridine rings is 1. The Morgan fingerprint density at radius 1 is 1.25 bits per heavy atom. The van der Waals surface area contributed by atoms with Crippen LogP contribution < -0.4 is 5.43 Å². The third-order valence-electron chi connectivity index (χ3n) is 2.83. The molecule has 1 aromatic heterocycles. The Bertz CT molecular complexity index is 859. The molecule has 0 aliphatic heterocycles. The third kappa shape index (κ3) is 2.43. The van der Waals surface area contributed by atoms with Crippen molar-refractivity contribution in [1.29, 1.82) is 0 Å². The molecule has 0 bridgehead atoms. The van der Waals surface area contributed by atoms with E-state index in [4.69, 9.17) is 10.7 Å². The molecule has 1 aromatic carbocycles. The normalized spacial score (nSPS) is 12.3. The Kier molecular flexibility index (Phi) is 3.60. The SMILES string of the molecule is CC(C)n1cc(S(=O)(=O)Cl)c(=O)c2cc(F)cc(F)c21. The van der Waals surface area contributed by atoms with E-state index in [1.807, 2.05) is 0 Å². The van der Waals surface area contributed by atoms with E-state index in [1.54, 1.807) is 13.8 Å². The molecule has 1 heterocycles. The zero-order valence-electron chi connectivity index (χ0n) is 10.5. The maximum Gasteiger partial charge on any atom is 0.266 e. The van der Waals surface area contributed by atoms with Gasteiger partial charge in [-0.1, -0.05) is 0 Å². The van der Waals surface area contributed by atoms with Crippen molar-refractivity contribution < 1.29 is 17.2 Å². The molecule has 0 radical (unpaired) electrons. The number of fused-ring (bicyclic) bond motifs is 1. The Balaban J connectivity index is 3.12. The maximum atomic E-state index is 13.9. The zero-order valence-corrected chi connectivity index (χ0v) is 12.1. The minimum atomic E-state index is -4.31. The lowest BCUT2D eigenvalue weighted by Crippen LogP contribution is -2.18. The molecule has 0 amide bonds. The Hall–Kier alpha value is -1.47.